The number of ketones is 1. The van der Waals surface area contributed by atoms with Gasteiger partial charge in [-0.2, -0.15) is 0 Å². The molecule has 0 unspecified atom stereocenters. The molecule has 1 aromatic heterocycles. The minimum Gasteiger partial charge on any atom is -0.502 e. The summed E-state index contributed by atoms with van der Waals surface area (Å²) in [4.78, 5) is 26.6. The molecule has 1 aromatic rings. The van der Waals surface area contributed by atoms with Crippen molar-refractivity contribution in [1.29, 1.82) is 0 Å². The third-order valence-corrected chi connectivity index (χ3v) is 1.95. The lowest BCUT2D eigenvalue weighted by Gasteiger charge is -2.00. The van der Waals surface area contributed by atoms with E-state index >= 15 is 0 Å². The van der Waals surface area contributed by atoms with Gasteiger partial charge in [0.15, 0.2) is 5.78 Å². The molecule has 5 nitrogen and oxygen atoms in total. The van der Waals surface area contributed by atoms with Gasteiger partial charge in [0.25, 0.3) is 0 Å². The molecule has 1 rings (SSSR count). The van der Waals surface area contributed by atoms with Crippen LogP contribution in [0.3, 0.4) is 0 Å². The normalized spacial score (nSPS) is 11.1. The van der Waals surface area contributed by atoms with Crippen LogP contribution < -0.4 is 0 Å². The maximum Gasteiger partial charge on any atom is 0.373 e. The first-order chi connectivity index (χ1) is 8.04. The molecule has 0 atom stereocenters. The van der Waals surface area contributed by atoms with Crippen LogP contribution in [0, 0.1) is 6.92 Å². The molecule has 1 heterocycles. The summed E-state index contributed by atoms with van der Waals surface area (Å²) in [6, 6.07) is 3.24. The molecule has 0 aliphatic carbocycles. The summed E-state index contributed by atoms with van der Waals surface area (Å²) in [6.45, 7) is 3.54. The Balaban J connectivity index is 2.81. The minimum absolute atomic E-state index is 0.136. The Morgan fingerprint density at radius 3 is 2.71 bits per heavy atom. The number of aliphatic hydroxyl groups is 1. The van der Waals surface area contributed by atoms with Gasteiger partial charge in [-0.05, 0) is 26.0 Å². The Bertz CT molecular complexity index is 448. The van der Waals surface area contributed by atoms with Gasteiger partial charge in [0.1, 0.15) is 0 Å². The van der Waals surface area contributed by atoms with Gasteiger partial charge in [-0.1, -0.05) is 0 Å². The maximum absolute atomic E-state index is 11.6. The van der Waals surface area contributed by atoms with Crippen LogP contribution in [0.1, 0.15) is 23.0 Å². The molecular formula is C12H13NO4. The summed E-state index contributed by atoms with van der Waals surface area (Å²) in [5.41, 5.74) is 1.08. The average molecular weight is 235 g/mol. The third kappa shape index (κ3) is 3.71. The number of hydrogen-bond donors (Lipinski definition) is 1. The molecule has 0 saturated heterocycles. The van der Waals surface area contributed by atoms with Crippen LogP contribution in [0.2, 0.25) is 0 Å². The monoisotopic (exact) mass is 235 g/mol. The van der Waals surface area contributed by atoms with E-state index in [1.807, 2.05) is 0 Å². The van der Waals surface area contributed by atoms with Crippen molar-refractivity contribution in [3.8, 4) is 0 Å². The Labute approximate surface area is 98.7 Å². The second kappa shape index (κ2) is 5.79. The maximum atomic E-state index is 11.6. The number of aryl methyl sites for hydroxylation is 1. The molecule has 90 valence electrons. The number of hydrogen-bond acceptors (Lipinski definition) is 5. The van der Waals surface area contributed by atoms with Crippen molar-refractivity contribution >= 4 is 11.8 Å². The molecule has 0 radical (unpaired) electrons. The van der Waals surface area contributed by atoms with E-state index in [1.165, 1.54) is 6.20 Å². The number of ether oxygens (including phenoxy) is 1. The Hall–Kier alpha value is -2.17. The summed E-state index contributed by atoms with van der Waals surface area (Å²) >= 11 is 0. The molecule has 0 aromatic carbocycles. The van der Waals surface area contributed by atoms with Crippen LogP contribution in [0.4, 0.5) is 0 Å². The molecule has 0 amide bonds. The van der Waals surface area contributed by atoms with Gasteiger partial charge < -0.3 is 9.84 Å². The standard InChI is InChI=1S/C12H13NO4/c1-3-17-12(16)11(15)6-10(14)9-5-4-8(2)13-7-9/h4-7,15H,3H2,1-2H3/b11-6-. The number of pyridine rings is 1. The Morgan fingerprint density at radius 1 is 1.47 bits per heavy atom. The van der Waals surface area contributed by atoms with Crippen LogP contribution in [0.25, 0.3) is 0 Å². The minimum atomic E-state index is -0.916. The van der Waals surface area contributed by atoms with Gasteiger partial charge in [-0.15, -0.1) is 0 Å². The van der Waals surface area contributed by atoms with Crippen molar-refractivity contribution in [2.24, 2.45) is 0 Å². The summed E-state index contributed by atoms with van der Waals surface area (Å²) in [7, 11) is 0. The van der Waals surface area contributed by atoms with E-state index in [-0.39, 0.29) is 6.61 Å². The van der Waals surface area contributed by atoms with Crippen LogP contribution in [0.5, 0.6) is 0 Å². The molecule has 5 heteroatoms. The summed E-state index contributed by atoms with van der Waals surface area (Å²) in [5, 5.41) is 9.28. The van der Waals surface area contributed by atoms with Crippen molar-refractivity contribution in [2.45, 2.75) is 13.8 Å². The van der Waals surface area contributed by atoms with E-state index in [0.29, 0.717) is 5.56 Å². The predicted octanol–water partition coefficient (Wildman–Crippen LogP) is 1.58. The van der Waals surface area contributed by atoms with Crippen molar-refractivity contribution < 1.29 is 19.4 Å². The summed E-state index contributed by atoms with van der Waals surface area (Å²) < 4.78 is 4.53. The number of allylic oxidation sites excluding steroid dienone is 1. The Morgan fingerprint density at radius 2 is 2.18 bits per heavy atom. The molecular weight excluding hydrogens is 222 g/mol. The van der Waals surface area contributed by atoms with E-state index in [0.717, 1.165) is 11.8 Å². The van der Waals surface area contributed by atoms with Crippen molar-refractivity contribution in [1.82, 2.24) is 4.98 Å². The zero-order valence-corrected chi connectivity index (χ0v) is 9.64. The first-order valence-electron chi connectivity index (χ1n) is 5.09. The van der Waals surface area contributed by atoms with Gasteiger partial charge in [-0.25, -0.2) is 4.79 Å². The SMILES string of the molecule is CCOC(=O)/C(O)=C/C(=O)c1ccc(C)nc1. The van der Waals surface area contributed by atoms with Crippen molar-refractivity contribution in [3.63, 3.8) is 0 Å². The number of esters is 1. The smallest absolute Gasteiger partial charge is 0.373 e. The molecule has 0 bridgehead atoms. The lowest BCUT2D eigenvalue weighted by molar-refractivity contribution is -0.141. The average Bonchev–Trinajstić information content (AvgIpc) is 2.30. The summed E-state index contributed by atoms with van der Waals surface area (Å²) in [5.74, 6) is -2.12. The highest BCUT2D eigenvalue weighted by molar-refractivity contribution is 6.07. The van der Waals surface area contributed by atoms with Crippen LogP contribution in [-0.2, 0) is 9.53 Å². The fourth-order valence-corrected chi connectivity index (χ4v) is 1.09. The molecule has 17 heavy (non-hydrogen) atoms. The van der Waals surface area contributed by atoms with Gasteiger partial charge in [-0.3, -0.25) is 9.78 Å². The lowest BCUT2D eigenvalue weighted by Crippen LogP contribution is -2.09. The fourth-order valence-electron chi connectivity index (χ4n) is 1.09. The molecule has 1 N–H and O–H groups in total. The molecule has 0 aliphatic heterocycles. The first kappa shape index (κ1) is 12.9. The number of carbonyl (C=O) groups is 2. The van der Waals surface area contributed by atoms with Crippen molar-refractivity contribution in [3.05, 3.63) is 41.4 Å². The van der Waals surface area contributed by atoms with Gasteiger partial charge in [0.05, 0.1) is 6.61 Å². The van der Waals surface area contributed by atoms with E-state index in [9.17, 15) is 14.7 Å². The largest absolute Gasteiger partial charge is 0.502 e. The molecule has 0 saturated carbocycles. The van der Waals surface area contributed by atoms with E-state index < -0.39 is 17.5 Å². The van der Waals surface area contributed by atoms with Crippen LogP contribution in [0.15, 0.2) is 30.2 Å². The zero-order valence-electron chi connectivity index (χ0n) is 9.64. The highest BCUT2D eigenvalue weighted by Crippen LogP contribution is 2.04. The van der Waals surface area contributed by atoms with Gasteiger partial charge in [0, 0.05) is 23.5 Å². The number of aromatic nitrogens is 1. The number of carbonyl (C=O) groups excluding carboxylic acids is 2. The molecule has 0 spiro atoms. The van der Waals surface area contributed by atoms with Crippen LogP contribution >= 0.6 is 0 Å². The quantitative estimate of drug-likeness (QED) is 0.371. The number of rotatable bonds is 4. The number of nitrogens with zero attached hydrogens (tertiary/aromatic N) is 1. The highest BCUT2D eigenvalue weighted by Gasteiger charge is 2.11. The van der Waals surface area contributed by atoms with Gasteiger partial charge >= 0.3 is 5.97 Å². The lowest BCUT2D eigenvalue weighted by atomic mass is 10.1. The topological polar surface area (TPSA) is 76.5 Å². The Kier molecular flexibility index (Phi) is 4.39. The van der Waals surface area contributed by atoms with E-state index in [4.69, 9.17) is 0 Å². The molecule has 0 fully saturated rings. The highest BCUT2D eigenvalue weighted by atomic mass is 16.5. The van der Waals surface area contributed by atoms with Gasteiger partial charge in [0.2, 0.25) is 5.76 Å². The molecule has 0 aliphatic rings. The predicted molar refractivity (Wildman–Crippen MR) is 60.6 cm³/mol. The second-order valence-corrected chi connectivity index (χ2v) is 3.30. The first-order valence-corrected chi connectivity index (χ1v) is 5.09. The zero-order chi connectivity index (χ0) is 12.8. The third-order valence-electron chi connectivity index (χ3n) is 1.95. The number of aliphatic hydroxyl groups excluding tert-OH is 1. The fraction of sp³-hybridized carbons (Fsp3) is 0.250. The second-order valence-electron chi connectivity index (χ2n) is 3.30. The van der Waals surface area contributed by atoms with E-state index in [2.05, 4.69) is 9.72 Å². The van der Waals surface area contributed by atoms with E-state index in [1.54, 1.807) is 26.0 Å². The van der Waals surface area contributed by atoms with Crippen LogP contribution in [-0.4, -0.2) is 28.4 Å². The van der Waals surface area contributed by atoms with Crippen molar-refractivity contribution in [2.75, 3.05) is 6.61 Å². The summed E-state index contributed by atoms with van der Waals surface area (Å²) in [6.07, 6.45) is 2.21.